The second-order valence-electron chi connectivity index (χ2n) is 9.09. The number of fused-ring (bicyclic) bond motifs is 1. The highest BCUT2D eigenvalue weighted by atomic mass is 19.1. The van der Waals surface area contributed by atoms with E-state index in [1.165, 1.54) is 12.5 Å². The van der Waals surface area contributed by atoms with Gasteiger partial charge in [0.2, 0.25) is 11.8 Å². The Bertz CT molecular complexity index is 1230. The quantitative estimate of drug-likeness (QED) is 0.529. The van der Waals surface area contributed by atoms with E-state index in [1.54, 1.807) is 19.1 Å². The summed E-state index contributed by atoms with van der Waals surface area (Å²) in [5, 5.41) is 9.22. The molecule has 0 spiro atoms. The van der Waals surface area contributed by atoms with Crippen molar-refractivity contribution in [1.82, 2.24) is 14.9 Å². The van der Waals surface area contributed by atoms with Gasteiger partial charge in [-0.15, -0.1) is 0 Å². The van der Waals surface area contributed by atoms with Gasteiger partial charge in [-0.3, -0.25) is 4.90 Å². The van der Waals surface area contributed by atoms with Crippen LogP contribution >= 0.6 is 0 Å². The van der Waals surface area contributed by atoms with Crippen molar-refractivity contribution >= 4 is 5.95 Å². The monoisotopic (exact) mass is 457 g/mol. The molecular formula is C27H28FN5O. The van der Waals surface area contributed by atoms with Crippen molar-refractivity contribution in [3.05, 3.63) is 76.2 Å². The molecule has 0 radical (unpaired) electrons. The molecular weight excluding hydrogens is 429 g/mol. The molecule has 0 saturated carbocycles. The minimum atomic E-state index is -0.253. The second kappa shape index (κ2) is 9.78. The summed E-state index contributed by atoms with van der Waals surface area (Å²) in [6.45, 7) is 5.90. The first-order chi connectivity index (χ1) is 16.6. The van der Waals surface area contributed by atoms with Gasteiger partial charge in [0.05, 0.1) is 22.9 Å². The number of aryl methyl sites for hydroxylation is 1. The average molecular weight is 458 g/mol. The van der Waals surface area contributed by atoms with Crippen LogP contribution in [0.25, 0.3) is 0 Å². The number of aromatic nitrogens is 2. The summed E-state index contributed by atoms with van der Waals surface area (Å²) in [7, 11) is 0. The smallest absolute Gasteiger partial charge is 0.228 e. The number of anilines is 1. The number of nitriles is 1. The van der Waals surface area contributed by atoms with Gasteiger partial charge < -0.3 is 9.64 Å². The average Bonchev–Trinajstić information content (AvgIpc) is 2.87. The molecule has 1 fully saturated rings. The number of nitrogens with zero attached hydrogens (tertiary/aromatic N) is 5. The van der Waals surface area contributed by atoms with Crippen LogP contribution in [0, 0.1) is 24.1 Å². The van der Waals surface area contributed by atoms with E-state index in [0.29, 0.717) is 29.3 Å². The van der Waals surface area contributed by atoms with E-state index < -0.39 is 0 Å². The Labute approximate surface area is 199 Å². The van der Waals surface area contributed by atoms with E-state index in [-0.39, 0.29) is 5.82 Å². The van der Waals surface area contributed by atoms with Gasteiger partial charge in [0.15, 0.2) is 0 Å². The Morgan fingerprint density at radius 3 is 2.71 bits per heavy atom. The van der Waals surface area contributed by atoms with Gasteiger partial charge in [-0.2, -0.15) is 10.2 Å². The van der Waals surface area contributed by atoms with Crippen LogP contribution in [0.1, 0.15) is 47.2 Å². The van der Waals surface area contributed by atoms with E-state index in [2.05, 4.69) is 15.9 Å². The predicted octanol–water partition coefficient (Wildman–Crippen LogP) is 5.14. The highest BCUT2D eigenvalue weighted by Gasteiger charge is 2.26. The summed E-state index contributed by atoms with van der Waals surface area (Å²) in [5.41, 5.74) is 4.30. The molecule has 3 heterocycles. The van der Waals surface area contributed by atoms with Crippen molar-refractivity contribution in [2.75, 3.05) is 24.5 Å². The third kappa shape index (κ3) is 4.87. The number of piperidine rings is 1. The lowest BCUT2D eigenvalue weighted by atomic mass is 10.0. The lowest BCUT2D eigenvalue weighted by Gasteiger charge is -2.32. The largest absolute Gasteiger partial charge is 0.438 e. The summed E-state index contributed by atoms with van der Waals surface area (Å²) in [6.07, 6.45) is 4.32. The molecule has 6 nitrogen and oxygen atoms in total. The van der Waals surface area contributed by atoms with Crippen molar-refractivity contribution < 1.29 is 9.13 Å². The first-order valence-corrected chi connectivity index (χ1v) is 11.9. The number of ether oxygens (including phenoxy) is 1. The maximum absolute atomic E-state index is 13.8. The molecule has 1 saturated heterocycles. The Balaban J connectivity index is 1.45. The van der Waals surface area contributed by atoms with E-state index in [0.717, 1.165) is 68.2 Å². The summed E-state index contributed by atoms with van der Waals surface area (Å²) in [6, 6.07) is 14.7. The highest BCUT2D eigenvalue weighted by Crippen LogP contribution is 2.33. The van der Waals surface area contributed by atoms with Crippen LogP contribution in [0.2, 0.25) is 0 Å². The van der Waals surface area contributed by atoms with Crippen molar-refractivity contribution in [3.8, 4) is 17.7 Å². The number of halogens is 1. The predicted molar refractivity (Wildman–Crippen MR) is 128 cm³/mol. The van der Waals surface area contributed by atoms with Crippen molar-refractivity contribution in [2.24, 2.45) is 0 Å². The molecule has 0 bridgehead atoms. The normalized spacial score (nSPS) is 16.1. The fraction of sp³-hybridized carbons (Fsp3) is 0.370. The minimum Gasteiger partial charge on any atom is -0.438 e. The molecule has 5 rings (SSSR count). The number of benzene rings is 2. The van der Waals surface area contributed by atoms with Crippen LogP contribution in [-0.4, -0.2) is 34.5 Å². The maximum atomic E-state index is 13.8. The van der Waals surface area contributed by atoms with Crippen LogP contribution in [0.4, 0.5) is 10.3 Å². The zero-order valence-electron chi connectivity index (χ0n) is 19.4. The summed E-state index contributed by atoms with van der Waals surface area (Å²) < 4.78 is 20.1. The first kappa shape index (κ1) is 22.3. The van der Waals surface area contributed by atoms with E-state index >= 15 is 0 Å². The molecule has 0 amide bonds. The molecule has 0 N–H and O–H groups in total. The third-order valence-electron chi connectivity index (χ3n) is 6.53. The van der Waals surface area contributed by atoms with Crippen LogP contribution in [-0.2, 0) is 19.5 Å². The van der Waals surface area contributed by atoms with Crippen LogP contribution < -0.4 is 9.64 Å². The van der Waals surface area contributed by atoms with Gasteiger partial charge in [0.25, 0.3) is 0 Å². The fourth-order valence-electron chi connectivity index (χ4n) is 4.67. The van der Waals surface area contributed by atoms with Crippen LogP contribution in [0.3, 0.4) is 0 Å². The molecule has 2 aromatic carbocycles. The molecule has 0 unspecified atom stereocenters. The molecule has 7 heteroatoms. The van der Waals surface area contributed by atoms with E-state index in [4.69, 9.17) is 14.7 Å². The Morgan fingerprint density at radius 2 is 1.91 bits per heavy atom. The summed E-state index contributed by atoms with van der Waals surface area (Å²) >= 11 is 0. The molecule has 3 aromatic rings. The Hall–Kier alpha value is -3.50. The zero-order chi connectivity index (χ0) is 23.5. The standard InChI is InChI=1S/C27H28FN5O/c1-19-14-22(8-9-24(19)28)34-26-23-18-32(17-21-7-5-6-20(15-21)16-29)13-10-25(23)30-27(31-26)33-11-3-2-4-12-33/h5-9,14-15H,2-4,10-13,17-18H2,1H3. The fourth-order valence-corrected chi connectivity index (χ4v) is 4.67. The topological polar surface area (TPSA) is 65.3 Å². The summed E-state index contributed by atoms with van der Waals surface area (Å²) in [5.74, 6) is 1.59. The van der Waals surface area contributed by atoms with Crippen molar-refractivity contribution in [2.45, 2.75) is 45.7 Å². The number of hydrogen-bond acceptors (Lipinski definition) is 6. The van der Waals surface area contributed by atoms with Gasteiger partial charge in [-0.25, -0.2) is 9.37 Å². The Kier molecular flexibility index (Phi) is 6.41. The van der Waals surface area contributed by atoms with Gasteiger partial charge in [-0.1, -0.05) is 12.1 Å². The SMILES string of the molecule is Cc1cc(Oc2nc(N3CCCCC3)nc3c2CN(Cc2cccc(C#N)c2)CC3)ccc1F. The van der Waals surface area contributed by atoms with Gasteiger partial charge in [0.1, 0.15) is 11.6 Å². The molecule has 34 heavy (non-hydrogen) atoms. The van der Waals surface area contributed by atoms with E-state index in [9.17, 15) is 9.65 Å². The zero-order valence-corrected chi connectivity index (χ0v) is 19.4. The lowest BCUT2D eigenvalue weighted by molar-refractivity contribution is 0.238. The molecule has 1 aromatic heterocycles. The second-order valence-corrected chi connectivity index (χ2v) is 9.09. The highest BCUT2D eigenvalue weighted by molar-refractivity contribution is 5.44. The first-order valence-electron chi connectivity index (χ1n) is 11.9. The molecule has 0 atom stereocenters. The maximum Gasteiger partial charge on any atom is 0.228 e. The van der Waals surface area contributed by atoms with Gasteiger partial charge >= 0.3 is 0 Å². The number of rotatable bonds is 5. The van der Waals surface area contributed by atoms with Crippen molar-refractivity contribution in [3.63, 3.8) is 0 Å². The molecule has 174 valence electrons. The molecule has 0 aliphatic carbocycles. The van der Waals surface area contributed by atoms with E-state index in [1.807, 2.05) is 24.3 Å². The van der Waals surface area contributed by atoms with Crippen molar-refractivity contribution in [1.29, 1.82) is 5.26 Å². The van der Waals surface area contributed by atoms with Crippen LogP contribution in [0.5, 0.6) is 11.6 Å². The minimum absolute atomic E-state index is 0.253. The third-order valence-corrected chi connectivity index (χ3v) is 6.53. The Morgan fingerprint density at radius 1 is 1.06 bits per heavy atom. The lowest BCUT2D eigenvalue weighted by Crippen LogP contribution is -2.34. The van der Waals surface area contributed by atoms with Crippen LogP contribution in [0.15, 0.2) is 42.5 Å². The molecule has 2 aliphatic heterocycles. The number of hydrogen-bond donors (Lipinski definition) is 0. The summed E-state index contributed by atoms with van der Waals surface area (Å²) in [4.78, 5) is 14.4. The molecule has 2 aliphatic rings. The van der Waals surface area contributed by atoms with Gasteiger partial charge in [0, 0.05) is 39.1 Å². The van der Waals surface area contributed by atoms with Gasteiger partial charge in [-0.05, 0) is 67.6 Å².